The van der Waals surface area contributed by atoms with Crippen LogP contribution in [0.5, 0.6) is 11.5 Å². The van der Waals surface area contributed by atoms with E-state index < -0.39 is 5.60 Å². The third-order valence-electron chi connectivity index (χ3n) is 7.77. The smallest absolute Gasteiger partial charge is 0.142 e. The van der Waals surface area contributed by atoms with E-state index in [1.807, 2.05) is 30.3 Å². The number of anilines is 1. The summed E-state index contributed by atoms with van der Waals surface area (Å²) in [6.45, 7) is 9.58. The van der Waals surface area contributed by atoms with Gasteiger partial charge in [0, 0.05) is 38.6 Å². The molecule has 204 valence electrons. The molecule has 38 heavy (non-hydrogen) atoms. The van der Waals surface area contributed by atoms with E-state index in [2.05, 4.69) is 72.2 Å². The average Bonchev–Trinajstić information content (AvgIpc) is 2.97. The van der Waals surface area contributed by atoms with E-state index in [1.165, 1.54) is 5.56 Å². The van der Waals surface area contributed by atoms with E-state index in [1.54, 1.807) is 7.11 Å². The Bertz CT molecular complexity index is 1100. The summed E-state index contributed by atoms with van der Waals surface area (Å²) in [5, 5.41) is 12.4. The minimum absolute atomic E-state index is 0.0479. The van der Waals surface area contributed by atoms with Gasteiger partial charge in [-0.15, -0.1) is 0 Å². The maximum absolute atomic E-state index is 12.4. The Morgan fingerprint density at radius 1 is 0.842 bits per heavy atom. The predicted molar refractivity (Wildman–Crippen MR) is 156 cm³/mol. The zero-order valence-corrected chi connectivity index (χ0v) is 23.3. The number of aliphatic hydroxyl groups is 1. The summed E-state index contributed by atoms with van der Waals surface area (Å²) in [6.07, 6.45) is 3.75. The molecule has 1 fully saturated rings. The maximum Gasteiger partial charge on any atom is 0.142 e. The molecule has 4 rings (SSSR count). The van der Waals surface area contributed by atoms with Crippen LogP contribution >= 0.6 is 0 Å². The zero-order valence-electron chi connectivity index (χ0n) is 23.3. The van der Waals surface area contributed by atoms with Crippen LogP contribution in [0.4, 0.5) is 5.69 Å². The predicted octanol–water partition coefficient (Wildman–Crippen LogP) is 6.47. The Labute approximate surface area is 229 Å². The lowest BCUT2D eigenvalue weighted by Crippen LogP contribution is -2.50. The van der Waals surface area contributed by atoms with Gasteiger partial charge in [-0.1, -0.05) is 81.3 Å². The fourth-order valence-electron chi connectivity index (χ4n) is 5.61. The SMILES string of the molecule is CCCCOc1ccc([C@](O)(CCC)[C@@H](CN2CCN(c3ccccc3OC)CC2)c2ccccc2)cc1. The Hall–Kier alpha value is -3.02. The quantitative estimate of drug-likeness (QED) is 0.264. The van der Waals surface area contributed by atoms with Gasteiger partial charge in [0.25, 0.3) is 0 Å². The van der Waals surface area contributed by atoms with Crippen molar-refractivity contribution in [2.24, 2.45) is 0 Å². The fraction of sp³-hybridized carbons (Fsp3) is 0.455. The van der Waals surface area contributed by atoms with E-state index in [0.29, 0.717) is 6.42 Å². The summed E-state index contributed by atoms with van der Waals surface area (Å²) in [6, 6.07) is 26.9. The molecule has 0 spiro atoms. The third kappa shape index (κ3) is 6.69. The summed E-state index contributed by atoms with van der Waals surface area (Å²) in [5.74, 6) is 1.74. The zero-order chi connectivity index (χ0) is 26.8. The highest BCUT2D eigenvalue weighted by Crippen LogP contribution is 2.42. The first-order chi connectivity index (χ1) is 18.6. The molecule has 0 unspecified atom stereocenters. The molecular formula is C33H44N2O3. The monoisotopic (exact) mass is 516 g/mol. The molecule has 1 aliphatic rings. The van der Waals surface area contributed by atoms with Crippen molar-refractivity contribution in [1.82, 2.24) is 4.90 Å². The van der Waals surface area contributed by atoms with Gasteiger partial charge in [-0.2, -0.15) is 0 Å². The second-order valence-corrected chi connectivity index (χ2v) is 10.3. The molecule has 0 radical (unpaired) electrons. The number of benzene rings is 3. The Morgan fingerprint density at radius 3 is 2.18 bits per heavy atom. The van der Waals surface area contributed by atoms with Crippen LogP contribution in [-0.2, 0) is 5.60 Å². The second-order valence-electron chi connectivity index (χ2n) is 10.3. The van der Waals surface area contributed by atoms with Gasteiger partial charge in [-0.3, -0.25) is 4.90 Å². The topological polar surface area (TPSA) is 45.2 Å². The number of rotatable bonds is 13. The van der Waals surface area contributed by atoms with Crippen molar-refractivity contribution >= 4 is 5.69 Å². The van der Waals surface area contributed by atoms with E-state index in [4.69, 9.17) is 9.47 Å². The van der Waals surface area contributed by atoms with Gasteiger partial charge in [-0.25, -0.2) is 0 Å². The number of methoxy groups -OCH3 is 1. The highest BCUT2D eigenvalue weighted by atomic mass is 16.5. The normalized spacial score (nSPS) is 16.6. The minimum Gasteiger partial charge on any atom is -0.495 e. The van der Waals surface area contributed by atoms with E-state index >= 15 is 0 Å². The molecular weight excluding hydrogens is 472 g/mol. The number of unbranched alkanes of at least 4 members (excludes halogenated alkanes) is 1. The van der Waals surface area contributed by atoms with Crippen molar-refractivity contribution in [3.05, 3.63) is 90.0 Å². The van der Waals surface area contributed by atoms with Crippen molar-refractivity contribution in [2.75, 3.05) is 51.3 Å². The van der Waals surface area contributed by atoms with Crippen LogP contribution in [0.1, 0.15) is 56.6 Å². The van der Waals surface area contributed by atoms with Crippen LogP contribution < -0.4 is 14.4 Å². The molecule has 3 aromatic carbocycles. The van der Waals surface area contributed by atoms with Crippen LogP contribution in [0.25, 0.3) is 0 Å². The molecule has 1 heterocycles. The van der Waals surface area contributed by atoms with Gasteiger partial charge in [0.15, 0.2) is 0 Å². The molecule has 2 atom stereocenters. The van der Waals surface area contributed by atoms with Gasteiger partial charge in [0.05, 0.1) is 25.0 Å². The highest BCUT2D eigenvalue weighted by molar-refractivity contribution is 5.58. The molecule has 0 bridgehead atoms. The number of piperazine rings is 1. The minimum atomic E-state index is -0.974. The van der Waals surface area contributed by atoms with E-state index in [9.17, 15) is 5.11 Å². The van der Waals surface area contributed by atoms with E-state index in [-0.39, 0.29) is 5.92 Å². The largest absolute Gasteiger partial charge is 0.495 e. The molecule has 0 amide bonds. The number of hydrogen-bond acceptors (Lipinski definition) is 5. The van der Waals surface area contributed by atoms with Gasteiger partial charge in [-0.05, 0) is 48.2 Å². The van der Waals surface area contributed by atoms with Crippen LogP contribution in [0, 0.1) is 0 Å². The van der Waals surface area contributed by atoms with Crippen LogP contribution in [-0.4, -0.2) is 56.4 Å². The third-order valence-corrected chi connectivity index (χ3v) is 7.77. The first-order valence-corrected chi connectivity index (χ1v) is 14.2. The molecule has 5 heteroatoms. The molecule has 0 aromatic heterocycles. The van der Waals surface area contributed by atoms with Crippen molar-refractivity contribution in [3.8, 4) is 11.5 Å². The summed E-state index contributed by atoms with van der Waals surface area (Å²) >= 11 is 0. The lowest BCUT2D eigenvalue weighted by molar-refractivity contribution is -0.0141. The van der Waals surface area contributed by atoms with Gasteiger partial charge in [0.1, 0.15) is 11.5 Å². The van der Waals surface area contributed by atoms with Crippen molar-refractivity contribution in [1.29, 1.82) is 0 Å². The summed E-state index contributed by atoms with van der Waals surface area (Å²) < 4.78 is 11.5. The number of para-hydroxylation sites is 2. The van der Waals surface area contributed by atoms with Crippen molar-refractivity contribution in [2.45, 2.75) is 51.0 Å². The second kappa shape index (κ2) is 13.7. The van der Waals surface area contributed by atoms with Crippen LogP contribution in [0.2, 0.25) is 0 Å². The molecule has 1 N–H and O–H groups in total. The first-order valence-electron chi connectivity index (χ1n) is 14.2. The summed E-state index contributed by atoms with van der Waals surface area (Å²) in [4.78, 5) is 4.91. The molecule has 3 aromatic rings. The van der Waals surface area contributed by atoms with E-state index in [0.717, 1.165) is 81.3 Å². The summed E-state index contributed by atoms with van der Waals surface area (Å²) in [7, 11) is 1.73. The number of hydrogen-bond donors (Lipinski definition) is 1. The molecule has 0 saturated carbocycles. The highest BCUT2D eigenvalue weighted by Gasteiger charge is 2.40. The number of nitrogens with zero attached hydrogens (tertiary/aromatic N) is 2. The molecule has 0 aliphatic carbocycles. The molecule has 1 saturated heterocycles. The summed E-state index contributed by atoms with van der Waals surface area (Å²) in [5.41, 5.74) is 2.32. The standard InChI is InChI=1S/C33H44N2O3/c1-4-6-25-38-29-18-16-28(17-19-29)33(36,20-5-2)30(27-12-8-7-9-13-27)26-34-21-23-35(24-22-34)31-14-10-11-15-32(31)37-3/h7-19,30,36H,4-6,20-26H2,1-3H3/t30-,33+/m0/s1. The molecule has 1 aliphatic heterocycles. The number of ether oxygens (including phenoxy) is 2. The van der Waals surface area contributed by atoms with Gasteiger partial charge >= 0.3 is 0 Å². The first kappa shape index (κ1) is 28.0. The van der Waals surface area contributed by atoms with Crippen molar-refractivity contribution in [3.63, 3.8) is 0 Å². The fourth-order valence-corrected chi connectivity index (χ4v) is 5.61. The maximum atomic E-state index is 12.4. The van der Waals surface area contributed by atoms with Gasteiger partial charge < -0.3 is 19.5 Å². The lowest BCUT2D eigenvalue weighted by atomic mass is 9.74. The Kier molecular flexibility index (Phi) is 10.1. The average molecular weight is 517 g/mol. The Morgan fingerprint density at radius 2 is 1.53 bits per heavy atom. The van der Waals surface area contributed by atoms with Crippen molar-refractivity contribution < 1.29 is 14.6 Å². The van der Waals surface area contributed by atoms with Crippen LogP contribution in [0.15, 0.2) is 78.9 Å². The Balaban J connectivity index is 1.54. The van der Waals surface area contributed by atoms with Gasteiger partial charge in [0.2, 0.25) is 0 Å². The lowest BCUT2D eigenvalue weighted by Gasteiger charge is -2.43. The molecule has 5 nitrogen and oxygen atoms in total. The van der Waals surface area contributed by atoms with Crippen LogP contribution in [0.3, 0.4) is 0 Å².